The van der Waals surface area contributed by atoms with Crippen molar-refractivity contribution in [2.24, 2.45) is 5.92 Å². The van der Waals surface area contributed by atoms with Gasteiger partial charge in [-0.25, -0.2) is 4.39 Å². The Kier molecular flexibility index (Phi) is 3.53. The number of benzene rings is 1. The summed E-state index contributed by atoms with van der Waals surface area (Å²) in [5, 5.41) is 10.6. The molecule has 0 heterocycles. The lowest BCUT2D eigenvalue weighted by Gasteiger charge is -2.36. The van der Waals surface area contributed by atoms with Gasteiger partial charge < -0.3 is 5.11 Å². The van der Waals surface area contributed by atoms with Gasteiger partial charge in [0.2, 0.25) is 0 Å². The molecule has 1 aromatic carbocycles. The Labute approximate surface area is 103 Å². The van der Waals surface area contributed by atoms with Crippen molar-refractivity contribution in [2.75, 3.05) is 0 Å². The molecule has 0 atom stereocenters. The third-order valence-electron chi connectivity index (χ3n) is 4.09. The minimum Gasteiger partial charge on any atom is -0.385 e. The van der Waals surface area contributed by atoms with Crippen LogP contribution in [0.5, 0.6) is 0 Å². The molecule has 0 bridgehead atoms. The van der Waals surface area contributed by atoms with Crippen LogP contribution >= 0.6 is 0 Å². The molecule has 0 radical (unpaired) electrons. The molecule has 1 nitrogen and oxygen atoms in total. The van der Waals surface area contributed by atoms with Crippen molar-refractivity contribution >= 4 is 0 Å². The van der Waals surface area contributed by atoms with Gasteiger partial charge in [0.1, 0.15) is 5.82 Å². The van der Waals surface area contributed by atoms with Gasteiger partial charge in [0.25, 0.3) is 0 Å². The van der Waals surface area contributed by atoms with Gasteiger partial charge in [-0.15, -0.1) is 0 Å². The van der Waals surface area contributed by atoms with E-state index in [-0.39, 0.29) is 5.82 Å². The monoisotopic (exact) mass is 236 g/mol. The minimum atomic E-state index is -0.807. The highest BCUT2D eigenvalue weighted by molar-refractivity contribution is 5.29. The predicted molar refractivity (Wildman–Crippen MR) is 67.3 cm³/mol. The summed E-state index contributed by atoms with van der Waals surface area (Å²) in [5.41, 5.74) is 0.828. The molecule has 1 N–H and O–H groups in total. The van der Waals surface area contributed by atoms with Gasteiger partial charge in [-0.3, -0.25) is 0 Å². The topological polar surface area (TPSA) is 20.2 Å². The van der Waals surface area contributed by atoms with Crippen molar-refractivity contribution in [2.45, 2.75) is 51.6 Å². The quantitative estimate of drug-likeness (QED) is 0.825. The molecule has 0 unspecified atom stereocenters. The minimum absolute atomic E-state index is 0.244. The lowest BCUT2D eigenvalue weighted by atomic mass is 9.74. The fourth-order valence-corrected chi connectivity index (χ4v) is 2.86. The molecule has 1 aliphatic carbocycles. The van der Waals surface area contributed by atoms with E-state index in [1.54, 1.807) is 0 Å². The van der Waals surface area contributed by atoms with Crippen molar-refractivity contribution in [3.63, 3.8) is 0 Å². The van der Waals surface area contributed by atoms with E-state index in [0.717, 1.165) is 42.7 Å². The molecule has 1 aromatic rings. The first kappa shape index (κ1) is 12.6. The molecule has 1 saturated carbocycles. The molecule has 2 rings (SSSR count). The first-order chi connectivity index (χ1) is 8.03. The van der Waals surface area contributed by atoms with Gasteiger partial charge in [0.05, 0.1) is 5.60 Å². The van der Waals surface area contributed by atoms with Gasteiger partial charge in [0.15, 0.2) is 0 Å². The highest BCUT2D eigenvalue weighted by Gasteiger charge is 2.34. The van der Waals surface area contributed by atoms with E-state index < -0.39 is 5.60 Å². The van der Waals surface area contributed by atoms with Crippen LogP contribution in [0.25, 0.3) is 0 Å². The Bertz CT molecular complexity index is 372. The van der Waals surface area contributed by atoms with Crippen LogP contribution in [0.3, 0.4) is 0 Å². The van der Waals surface area contributed by atoms with Crippen LogP contribution < -0.4 is 0 Å². The summed E-state index contributed by atoms with van der Waals surface area (Å²) in [5.74, 6) is 0.482. The largest absolute Gasteiger partial charge is 0.385 e. The van der Waals surface area contributed by atoms with Crippen LogP contribution in [0.1, 0.15) is 50.2 Å². The molecule has 0 amide bonds. The molecule has 0 aromatic heterocycles. The smallest absolute Gasteiger partial charge is 0.123 e. The summed E-state index contributed by atoms with van der Waals surface area (Å²) in [6, 6.07) is 4.90. The van der Waals surface area contributed by atoms with E-state index >= 15 is 0 Å². The molecular formula is C15H21FO. The van der Waals surface area contributed by atoms with Crippen molar-refractivity contribution in [1.82, 2.24) is 0 Å². The number of hydrogen-bond donors (Lipinski definition) is 1. The Balaban J connectivity index is 2.21. The molecule has 0 saturated heterocycles. The van der Waals surface area contributed by atoms with Crippen LogP contribution in [0.15, 0.2) is 18.2 Å². The lowest BCUT2D eigenvalue weighted by molar-refractivity contribution is -0.0148. The number of halogens is 1. The Morgan fingerprint density at radius 1 is 1.29 bits per heavy atom. The standard InChI is InChI=1S/C15H21FO/c1-3-12-4-6-15(17,7-5-12)13-8-11(2)9-14(16)10-13/h8-10,12,17H,3-7H2,1-2H3. The van der Waals surface area contributed by atoms with Crippen molar-refractivity contribution in [3.8, 4) is 0 Å². The van der Waals surface area contributed by atoms with Gasteiger partial charge in [-0.2, -0.15) is 0 Å². The highest BCUT2D eigenvalue weighted by atomic mass is 19.1. The van der Waals surface area contributed by atoms with Crippen LogP contribution in [-0.4, -0.2) is 5.11 Å². The highest BCUT2D eigenvalue weighted by Crippen LogP contribution is 2.40. The first-order valence-corrected chi connectivity index (χ1v) is 6.53. The van der Waals surface area contributed by atoms with Gasteiger partial charge in [0, 0.05) is 0 Å². The third kappa shape index (κ3) is 2.68. The van der Waals surface area contributed by atoms with Gasteiger partial charge >= 0.3 is 0 Å². The predicted octanol–water partition coefficient (Wildman–Crippen LogP) is 3.92. The summed E-state index contributed by atoms with van der Waals surface area (Å²) in [7, 11) is 0. The number of hydrogen-bond acceptors (Lipinski definition) is 1. The number of rotatable bonds is 2. The molecule has 1 aliphatic rings. The van der Waals surface area contributed by atoms with E-state index in [0.29, 0.717) is 0 Å². The van der Waals surface area contributed by atoms with Crippen molar-refractivity contribution in [1.29, 1.82) is 0 Å². The average Bonchev–Trinajstić information content (AvgIpc) is 2.29. The molecule has 17 heavy (non-hydrogen) atoms. The van der Waals surface area contributed by atoms with E-state index in [1.807, 2.05) is 13.0 Å². The summed E-state index contributed by atoms with van der Waals surface area (Å²) >= 11 is 0. The van der Waals surface area contributed by atoms with E-state index in [4.69, 9.17) is 0 Å². The summed E-state index contributed by atoms with van der Waals surface area (Å²) < 4.78 is 13.4. The SMILES string of the molecule is CCC1CCC(O)(c2cc(C)cc(F)c2)CC1. The second-order valence-electron chi connectivity index (χ2n) is 5.40. The van der Waals surface area contributed by atoms with Crippen LogP contribution in [0.4, 0.5) is 4.39 Å². The number of aryl methyl sites for hydroxylation is 1. The molecule has 94 valence electrons. The molecule has 0 spiro atoms. The average molecular weight is 236 g/mol. The zero-order valence-corrected chi connectivity index (χ0v) is 10.7. The van der Waals surface area contributed by atoms with Crippen molar-refractivity contribution < 1.29 is 9.50 Å². The Morgan fingerprint density at radius 2 is 1.94 bits per heavy atom. The second kappa shape index (κ2) is 4.77. The maximum absolute atomic E-state index is 13.4. The fraction of sp³-hybridized carbons (Fsp3) is 0.600. The molecular weight excluding hydrogens is 215 g/mol. The fourth-order valence-electron chi connectivity index (χ4n) is 2.86. The second-order valence-corrected chi connectivity index (χ2v) is 5.40. The summed E-state index contributed by atoms with van der Waals surface area (Å²) in [6.45, 7) is 4.06. The van der Waals surface area contributed by atoms with Gasteiger partial charge in [-0.05, 0) is 61.8 Å². The zero-order chi connectivity index (χ0) is 12.5. The molecule has 2 heteroatoms. The van der Waals surface area contributed by atoms with Crippen LogP contribution in [0, 0.1) is 18.7 Å². The van der Waals surface area contributed by atoms with E-state index in [1.165, 1.54) is 18.6 Å². The third-order valence-corrected chi connectivity index (χ3v) is 4.09. The van der Waals surface area contributed by atoms with Gasteiger partial charge in [-0.1, -0.05) is 19.4 Å². The molecule has 0 aliphatic heterocycles. The summed E-state index contributed by atoms with van der Waals surface area (Å²) in [4.78, 5) is 0. The van der Waals surface area contributed by atoms with E-state index in [9.17, 15) is 9.50 Å². The van der Waals surface area contributed by atoms with Crippen LogP contribution in [0.2, 0.25) is 0 Å². The maximum Gasteiger partial charge on any atom is 0.123 e. The Hall–Kier alpha value is -0.890. The number of aliphatic hydroxyl groups is 1. The zero-order valence-electron chi connectivity index (χ0n) is 10.7. The summed E-state index contributed by atoms with van der Waals surface area (Å²) in [6.07, 6.45) is 4.78. The normalized spacial score (nSPS) is 29.3. The van der Waals surface area contributed by atoms with Crippen LogP contribution in [-0.2, 0) is 5.60 Å². The van der Waals surface area contributed by atoms with Crippen molar-refractivity contribution in [3.05, 3.63) is 35.1 Å². The lowest BCUT2D eigenvalue weighted by Crippen LogP contribution is -2.31. The Morgan fingerprint density at radius 3 is 2.47 bits per heavy atom. The molecule has 1 fully saturated rings. The van der Waals surface area contributed by atoms with E-state index in [2.05, 4.69) is 6.92 Å². The first-order valence-electron chi connectivity index (χ1n) is 6.53. The maximum atomic E-state index is 13.4.